The molecule has 0 saturated heterocycles. The molecule has 0 aromatic carbocycles. The Balaban J connectivity index is 0.000000187. The van der Waals surface area contributed by atoms with Crippen molar-refractivity contribution < 1.29 is 5.11 Å². The van der Waals surface area contributed by atoms with E-state index < -0.39 is 0 Å². The van der Waals surface area contributed by atoms with E-state index in [9.17, 15) is 0 Å². The van der Waals surface area contributed by atoms with E-state index >= 15 is 0 Å². The molecule has 11 heavy (non-hydrogen) atoms. The zero-order valence-electron chi connectivity index (χ0n) is 6.05. The number of hydrogen-bond acceptors (Lipinski definition) is 4. The van der Waals surface area contributed by atoms with Gasteiger partial charge in [-0.15, -0.1) is 0 Å². The maximum atomic E-state index is 8.99. The van der Waals surface area contributed by atoms with Crippen LogP contribution in [0.5, 0.6) is 0 Å². The maximum absolute atomic E-state index is 8.99. The summed E-state index contributed by atoms with van der Waals surface area (Å²) in [5, 5.41) is 10.1. The highest BCUT2D eigenvalue weighted by atomic mass is 16.3. The zero-order chi connectivity index (χ0) is 8.36. The van der Waals surface area contributed by atoms with Gasteiger partial charge < -0.3 is 5.11 Å². The summed E-state index contributed by atoms with van der Waals surface area (Å²) in [5.74, 6) is 0. The summed E-state index contributed by atoms with van der Waals surface area (Å²) >= 11 is 0. The topological polar surface area (TPSA) is 62.5 Å². The van der Waals surface area contributed by atoms with E-state index in [-0.39, 0.29) is 13.2 Å². The van der Waals surface area contributed by atoms with Crippen LogP contribution in [0.1, 0.15) is 0 Å². The first-order valence-corrected chi connectivity index (χ1v) is 3.16. The number of aliphatic hydroxyl groups is 1. The van der Waals surface area contributed by atoms with Gasteiger partial charge in [-0.25, -0.2) is 0 Å². The Bertz CT molecular complexity index is 141. The van der Waals surface area contributed by atoms with Gasteiger partial charge in [0, 0.05) is 12.4 Å². The van der Waals surface area contributed by atoms with Gasteiger partial charge >= 0.3 is 0 Å². The Morgan fingerprint density at radius 1 is 1.27 bits per heavy atom. The predicted molar refractivity (Wildman–Crippen MR) is 42.0 cm³/mol. The first-order chi connectivity index (χ1) is 5.41. The highest BCUT2D eigenvalue weighted by molar-refractivity contribution is 4.88. The molecule has 0 atom stereocenters. The van der Waals surface area contributed by atoms with Crippen molar-refractivity contribution in [1.29, 1.82) is 0 Å². The molecule has 0 radical (unpaired) electrons. The van der Waals surface area contributed by atoms with Crippen molar-refractivity contribution in [2.24, 2.45) is 5.18 Å². The molecule has 0 unspecified atom stereocenters. The lowest BCUT2D eigenvalue weighted by atomic mass is 10.5. The molecule has 4 heteroatoms. The van der Waals surface area contributed by atoms with E-state index in [1.54, 1.807) is 12.4 Å². The third-order valence-electron chi connectivity index (χ3n) is 0.758. The molecule has 1 aromatic rings. The lowest BCUT2D eigenvalue weighted by molar-refractivity contribution is 0.306. The maximum Gasteiger partial charge on any atom is 0.104 e. The number of nitroso groups, excluding NO2 is 1. The summed E-state index contributed by atoms with van der Waals surface area (Å²) < 4.78 is 0. The van der Waals surface area contributed by atoms with Crippen molar-refractivity contribution in [3.8, 4) is 0 Å². The minimum atomic E-state index is -0.135. The van der Waals surface area contributed by atoms with Gasteiger partial charge in [0.25, 0.3) is 0 Å². The van der Waals surface area contributed by atoms with Crippen LogP contribution in [0, 0.1) is 4.91 Å². The predicted octanol–water partition coefficient (Wildman–Crippen LogP) is 0.827. The lowest BCUT2D eigenvalue weighted by Crippen LogP contribution is -1.82. The van der Waals surface area contributed by atoms with Crippen molar-refractivity contribution in [3.63, 3.8) is 0 Å². The Morgan fingerprint density at radius 2 is 1.91 bits per heavy atom. The summed E-state index contributed by atoms with van der Waals surface area (Å²) in [7, 11) is 0. The molecular formula is C7H10N2O2. The molecule has 0 bridgehead atoms. The standard InChI is InChI=1S/C5H5N.C2H5NO2/c1-2-4-6-5-3-1;4-2-1-3-5/h1-5H;4H,1-2H2. The molecule has 0 aliphatic heterocycles. The monoisotopic (exact) mass is 154 g/mol. The van der Waals surface area contributed by atoms with Crippen LogP contribution in [-0.4, -0.2) is 23.2 Å². The largest absolute Gasteiger partial charge is 0.394 e. The number of rotatable bonds is 2. The molecule has 0 aliphatic carbocycles. The van der Waals surface area contributed by atoms with Gasteiger partial charge in [0.2, 0.25) is 0 Å². The molecule has 0 spiro atoms. The van der Waals surface area contributed by atoms with Crippen LogP contribution in [-0.2, 0) is 0 Å². The van der Waals surface area contributed by atoms with E-state index in [2.05, 4.69) is 10.2 Å². The van der Waals surface area contributed by atoms with Crippen molar-refractivity contribution >= 4 is 0 Å². The Hall–Kier alpha value is -1.29. The second-order valence-electron chi connectivity index (χ2n) is 1.60. The van der Waals surface area contributed by atoms with Crippen molar-refractivity contribution in [2.45, 2.75) is 0 Å². The summed E-state index contributed by atoms with van der Waals surface area (Å²) in [6.45, 7) is -0.122. The first-order valence-electron chi connectivity index (χ1n) is 3.16. The Kier molecular flexibility index (Phi) is 7.69. The number of nitrogens with zero attached hydrogens (tertiary/aromatic N) is 2. The van der Waals surface area contributed by atoms with Crippen molar-refractivity contribution in [1.82, 2.24) is 4.98 Å². The number of aliphatic hydroxyl groups excluding tert-OH is 1. The molecular weight excluding hydrogens is 144 g/mol. The minimum Gasteiger partial charge on any atom is -0.394 e. The van der Waals surface area contributed by atoms with Gasteiger partial charge in [-0.2, -0.15) is 4.91 Å². The fourth-order valence-corrected chi connectivity index (χ4v) is 0.353. The smallest absolute Gasteiger partial charge is 0.104 e. The quantitative estimate of drug-likeness (QED) is 0.641. The number of hydrogen-bond donors (Lipinski definition) is 1. The van der Waals surface area contributed by atoms with Gasteiger partial charge in [0.05, 0.1) is 6.61 Å². The molecule has 0 amide bonds. The van der Waals surface area contributed by atoms with Crippen LogP contribution in [0.3, 0.4) is 0 Å². The SMILES string of the molecule is O=NCCO.c1ccncc1. The van der Waals surface area contributed by atoms with Crippen LogP contribution in [0.15, 0.2) is 35.8 Å². The third kappa shape index (κ3) is 8.71. The Labute approximate surface area is 64.9 Å². The molecule has 60 valence electrons. The second-order valence-corrected chi connectivity index (χ2v) is 1.60. The van der Waals surface area contributed by atoms with Crippen molar-refractivity contribution in [3.05, 3.63) is 35.5 Å². The summed E-state index contributed by atoms with van der Waals surface area (Å²) in [6, 6.07) is 5.72. The molecule has 4 nitrogen and oxygen atoms in total. The van der Waals surface area contributed by atoms with Crippen LogP contribution in [0.25, 0.3) is 0 Å². The minimum absolute atomic E-state index is 0.0139. The molecule has 0 saturated carbocycles. The normalized spacial score (nSPS) is 7.73. The number of aromatic nitrogens is 1. The molecule has 1 N–H and O–H groups in total. The lowest BCUT2D eigenvalue weighted by Gasteiger charge is -1.70. The second kappa shape index (κ2) is 8.71. The highest BCUT2D eigenvalue weighted by Gasteiger charge is 1.68. The molecule has 0 aliphatic rings. The molecule has 1 heterocycles. The summed E-state index contributed by atoms with van der Waals surface area (Å²) in [4.78, 5) is 12.8. The van der Waals surface area contributed by atoms with Crippen LogP contribution >= 0.6 is 0 Å². The third-order valence-corrected chi connectivity index (χ3v) is 0.758. The first kappa shape index (κ1) is 9.71. The van der Waals surface area contributed by atoms with Gasteiger partial charge in [0.1, 0.15) is 6.54 Å². The van der Waals surface area contributed by atoms with Crippen LogP contribution in [0.2, 0.25) is 0 Å². The van der Waals surface area contributed by atoms with Gasteiger partial charge in [-0.05, 0) is 12.1 Å². The van der Waals surface area contributed by atoms with Gasteiger partial charge in [-0.1, -0.05) is 11.2 Å². The average molecular weight is 154 g/mol. The average Bonchev–Trinajstić information content (AvgIpc) is 2.10. The van der Waals surface area contributed by atoms with E-state index in [4.69, 9.17) is 10.0 Å². The van der Waals surface area contributed by atoms with Gasteiger partial charge in [-0.3, -0.25) is 4.98 Å². The summed E-state index contributed by atoms with van der Waals surface area (Å²) in [5.41, 5.74) is 0. The van der Waals surface area contributed by atoms with Gasteiger partial charge in [0.15, 0.2) is 0 Å². The van der Waals surface area contributed by atoms with Crippen molar-refractivity contribution in [2.75, 3.05) is 13.2 Å². The fourth-order valence-electron chi connectivity index (χ4n) is 0.353. The van der Waals surface area contributed by atoms with E-state index in [1.165, 1.54) is 0 Å². The van der Waals surface area contributed by atoms with E-state index in [1.807, 2.05) is 18.2 Å². The molecule has 0 fully saturated rings. The molecule has 1 rings (SSSR count). The fraction of sp³-hybridized carbons (Fsp3) is 0.286. The number of pyridine rings is 1. The van der Waals surface area contributed by atoms with Crippen LogP contribution < -0.4 is 0 Å². The van der Waals surface area contributed by atoms with Crippen LogP contribution in [0.4, 0.5) is 0 Å². The summed E-state index contributed by atoms with van der Waals surface area (Å²) in [6.07, 6.45) is 3.50. The van der Waals surface area contributed by atoms with E-state index in [0.717, 1.165) is 0 Å². The zero-order valence-corrected chi connectivity index (χ0v) is 6.05. The highest BCUT2D eigenvalue weighted by Crippen LogP contribution is 1.73. The molecule has 1 aromatic heterocycles. The Morgan fingerprint density at radius 3 is 2.00 bits per heavy atom. The van der Waals surface area contributed by atoms with E-state index in [0.29, 0.717) is 0 Å².